The second-order valence-corrected chi connectivity index (χ2v) is 20.1. The second-order valence-electron chi connectivity index (χ2n) is 20.1. The monoisotopic (exact) mass is 928 g/mol. The summed E-state index contributed by atoms with van der Waals surface area (Å²) in [6, 6.07) is -0.704. The van der Waals surface area contributed by atoms with Crippen LogP contribution in [0.1, 0.15) is 310 Å². The molecular weight excluding hydrogens is 815 g/mol. The third-order valence-electron chi connectivity index (χ3n) is 13.5. The molecule has 0 bridgehead atoms. The number of carbonyl (C=O) groups excluding carboxylic acids is 2. The molecule has 0 aromatic heterocycles. The number of allylic oxidation sites excluding steroid dienone is 6. The minimum Gasteiger partial charge on any atom is -0.462 e. The van der Waals surface area contributed by atoms with Crippen molar-refractivity contribution in [3.8, 4) is 0 Å². The average molecular weight is 929 g/mol. The zero-order valence-electron chi connectivity index (χ0n) is 44.3. The molecule has 0 fully saturated rings. The molecule has 3 atom stereocenters. The maximum absolute atomic E-state index is 13.3. The van der Waals surface area contributed by atoms with E-state index >= 15 is 0 Å². The van der Waals surface area contributed by atoms with E-state index in [4.69, 9.17) is 4.74 Å². The van der Waals surface area contributed by atoms with Crippen LogP contribution in [-0.4, -0.2) is 46.9 Å². The third-order valence-corrected chi connectivity index (χ3v) is 13.5. The van der Waals surface area contributed by atoms with E-state index in [0.717, 1.165) is 70.6 Å². The molecular formula is C60H113NO5. The number of ether oxygens (including phenoxy) is 1. The molecule has 3 N–H and O–H groups in total. The Morgan fingerprint density at radius 3 is 1.20 bits per heavy atom. The van der Waals surface area contributed by atoms with Crippen molar-refractivity contribution in [3.63, 3.8) is 0 Å². The zero-order chi connectivity index (χ0) is 48.1. The van der Waals surface area contributed by atoms with Crippen LogP contribution in [0.4, 0.5) is 0 Å². The highest BCUT2D eigenvalue weighted by molar-refractivity contribution is 5.77. The summed E-state index contributed by atoms with van der Waals surface area (Å²) < 4.78 is 5.96. The number of nitrogens with one attached hydrogen (secondary N) is 1. The molecule has 0 aromatic carbocycles. The smallest absolute Gasteiger partial charge is 0.306 e. The van der Waals surface area contributed by atoms with Crippen molar-refractivity contribution in [1.82, 2.24) is 5.32 Å². The van der Waals surface area contributed by atoms with Gasteiger partial charge in [0, 0.05) is 6.42 Å². The molecule has 66 heavy (non-hydrogen) atoms. The summed E-state index contributed by atoms with van der Waals surface area (Å²) in [6.07, 6.45) is 64.9. The first-order valence-electron chi connectivity index (χ1n) is 29.2. The Balaban J connectivity index is 4.58. The maximum Gasteiger partial charge on any atom is 0.306 e. The summed E-state index contributed by atoms with van der Waals surface area (Å²) in [5.41, 5.74) is 0. The predicted molar refractivity (Wildman–Crippen MR) is 287 cm³/mol. The highest BCUT2D eigenvalue weighted by Crippen LogP contribution is 2.19. The van der Waals surface area contributed by atoms with E-state index in [9.17, 15) is 19.8 Å². The minimum absolute atomic E-state index is 0.0732. The number of carbonyl (C=O) groups is 2. The lowest BCUT2D eigenvalue weighted by Crippen LogP contribution is -2.46. The van der Waals surface area contributed by atoms with E-state index in [0.29, 0.717) is 19.3 Å². The van der Waals surface area contributed by atoms with Gasteiger partial charge in [-0.2, -0.15) is 0 Å². The lowest BCUT2D eigenvalue weighted by Gasteiger charge is -2.24. The molecule has 0 aliphatic carbocycles. The van der Waals surface area contributed by atoms with Gasteiger partial charge in [0.25, 0.3) is 0 Å². The fraction of sp³-hybridized carbons (Fsp3) is 0.867. The van der Waals surface area contributed by atoms with E-state index in [1.165, 1.54) is 193 Å². The van der Waals surface area contributed by atoms with Gasteiger partial charge in [0.05, 0.1) is 25.2 Å². The van der Waals surface area contributed by atoms with Crippen molar-refractivity contribution >= 4 is 11.9 Å². The van der Waals surface area contributed by atoms with Crippen molar-refractivity contribution in [2.75, 3.05) is 6.61 Å². The Kier molecular flexibility index (Phi) is 52.5. The standard InChI is InChI=1S/C60H113NO5/c1-4-7-10-13-16-19-22-25-27-29-31-34-36-39-42-45-48-51-56(66-60(65)53-50-47-44-41-38-35-32-30-28-26-23-20-17-14-11-8-5-2)54-59(64)61-57(55-62)58(63)52-49-46-43-40-37-33-24-21-18-15-12-9-6-3/h17,20,26,28,32,35,56-58,62-63H,4-16,18-19,21-25,27,29-31,33-34,36-55H2,1-3H3,(H,61,64)/b20-17-,28-26-,35-32-. The first-order valence-corrected chi connectivity index (χ1v) is 29.2. The van der Waals surface area contributed by atoms with Crippen LogP contribution in [0.3, 0.4) is 0 Å². The fourth-order valence-electron chi connectivity index (χ4n) is 9.03. The number of aliphatic hydroxyl groups is 2. The van der Waals surface area contributed by atoms with Crippen molar-refractivity contribution in [2.45, 2.75) is 328 Å². The van der Waals surface area contributed by atoms with E-state index < -0.39 is 18.2 Å². The molecule has 388 valence electrons. The molecule has 0 aromatic rings. The molecule has 0 heterocycles. The zero-order valence-corrected chi connectivity index (χ0v) is 44.3. The molecule has 0 saturated heterocycles. The maximum atomic E-state index is 13.3. The van der Waals surface area contributed by atoms with Gasteiger partial charge >= 0.3 is 5.97 Å². The van der Waals surface area contributed by atoms with E-state index in [1.807, 2.05) is 0 Å². The van der Waals surface area contributed by atoms with Gasteiger partial charge < -0.3 is 20.3 Å². The molecule has 6 heteroatoms. The van der Waals surface area contributed by atoms with Crippen LogP contribution in [0.25, 0.3) is 0 Å². The summed E-state index contributed by atoms with van der Waals surface area (Å²) in [4.78, 5) is 26.3. The number of amides is 1. The Hall–Kier alpha value is -1.92. The molecule has 0 radical (unpaired) electrons. The number of unbranched alkanes of at least 4 members (excludes halogenated alkanes) is 35. The van der Waals surface area contributed by atoms with Crippen LogP contribution >= 0.6 is 0 Å². The van der Waals surface area contributed by atoms with Crippen LogP contribution in [0.15, 0.2) is 36.5 Å². The first-order chi connectivity index (χ1) is 32.5. The molecule has 1 amide bonds. The Labute approximate surface area is 411 Å². The summed E-state index contributed by atoms with van der Waals surface area (Å²) in [6.45, 7) is 6.49. The normalized spacial score (nSPS) is 13.3. The predicted octanol–water partition coefficient (Wildman–Crippen LogP) is 18.0. The largest absolute Gasteiger partial charge is 0.462 e. The molecule has 0 aliphatic heterocycles. The van der Waals surface area contributed by atoms with Gasteiger partial charge in [0.15, 0.2) is 0 Å². The van der Waals surface area contributed by atoms with Crippen molar-refractivity contribution in [3.05, 3.63) is 36.5 Å². The van der Waals surface area contributed by atoms with Crippen LogP contribution < -0.4 is 5.32 Å². The van der Waals surface area contributed by atoms with Crippen LogP contribution in [0.2, 0.25) is 0 Å². The molecule has 0 saturated carbocycles. The fourth-order valence-corrected chi connectivity index (χ4v) is 9.03. The van der Waals surface area contributed by atoms with Crippen LogP contribution in [-0.2, 0) is 14.3 Å². The topological polar surface area (TPSA) is 95.9 Å². The van der Waals surface area contributed by atoms with Gasteiger partial charge in [-0.25, -0.2) is 0 Å². The SMILES string of the molecule is CCCCC/C=C\C/C=C\C/C=C\CCCCCCC(=O)OC(CCCCCCCCCCCCCCCCCCC)CC(=O)NC(CO)C(O)CCCCCCCCCCCCCCC. The average Bonchev–Trinajstić information content (AvgIpc) is 3.31. The summed E-state index contributed by atoms with van der Waals surface area (Å²) in [5, 5.41) is 23.9. The number of rotatable bonds is 53. The minimum atomic E-state index is -0.789. The Morgan fingerprint density at radius 2 is 0.773 bits per heavy atom. The van der Waals surface area contributed by atoms with Gasteiger partial charge in [-0.15, -0.1) is 0 Å². The van der Waals surface area contributed by atoms with Crippen molar-refractivity contribution in [1.29, 1.82) is 0 Å². The lowest BCUT2D eigenvalue weighted by atomic mass is 10.0. The first kappa shape index (κ1) is 64.1. The van der Waals surface area contributed by atoms with E-state index in [1.54, 1.807) is 0 Å². The lowest BCUT2D eigenvalue weighted by molar-refractivity contribution is -0.151. The third kappa shape index (κ3) is 48.5. The Morgan fingerprint density at radius 1 is 0.439 bits per heavy atom. The highest BCUT2D eigenvalue weighted by Gasteiger charge is 2.24. The summed E-state index contributed by atoms with van der Waals surface area (Å²) in [5.74, 6) is -0.482. The second kappa shape index (κ2) is 54.0. The van der Waals surface area contributed by atoms with Gasteiger partial charge in [-0.1, -0.05) is 269 Å². The Bertz CT molecular complexity index is 1090. The molecule has 0 aliphatic rings. The van der Waals surface area contributed by atoms with Crippen LogP contribution in [0, 0.1) is 0 Å². The molecule has 6 nitrogen and oxygen atoms in total. The molecule has 3 unspecified atom stereocenters. The van der Waals surface area contributed by atoms with Crippen molar-refractivity contribution < 1.29 is 24.5 Å². The van der Waals surface area contributed by atoms with E-state index in [-0.39, 0.29) is 24.9 Å². The van der Waals surface area contributed by atoms with Crippen LogP contribution in [0.5, 0.6) is 0 Å². The summed E-state index contributed by atoms with van der Waals surface area (Å²) in [7, 11) is 0. The molecule has 0 spiro atoms. The van der Waals surface area contributed by atoms with Crippen molar-refractivity contribution in [2.24, 2.45) is 0 Å². The summed E-state index contributed by atoms with van der Waals surface area (Å²) >= 11 is 0. The van der Waals surface area contributed by atoms with Gasteiger partial charge in [0.2, 0.25) is 5.91 Å². The van der Waals surface area contributed by atoms with E-state index in [2.05, 4.69) is 62.5 Å². The number of aliphatic hydroxyl groups excluding tert-OH is 2. The quantitative estimate of drug-likeness (QED) is 0.0321. The highest BCUT2D eigenvalue weighted by atomic mass is 16.5. The number of hydrogen-bond donors (Lipinski definition) is 3. The van der Waals surface area contributed by atoms with Gasteiger partial charge in [-0.3, -0.25) is 9.59 Å². The number of esters is 1. The molecule has 0 rings (SSSR count). The van der Waals surface area contributed by atoms with Gasteiger partial charge in [0.1, 0.15) is 6.10 Å². The van der Waals surface area contributed by atoms with Gasteiger partial charge in [-0.05, 0) is 64.2 Å². The number of hydrogen-bond acceptors (Lipinski definition) is 5.